The van der Waals surface area contributed by atoms with Crippen LogP contribution in [0.1, 0.15) is 34.5 Å². The molecule has 0 spiro atoms. The second-order valence-corrected chi connectivity index (χ2v) is 6.95. The van der Waals surface area contributed by atoms with E-state index in [1.165, 1.54) is 16.9 Å². The van der Waals surface area contributed by atoms with Gasteiger partial charge >= 0.3 is 0 Å². The molecule has 0 fully saturated rings. The number of hydrogen-bond acceptors (Lipinski definition) is 6. The van der Waals surface area contributed by atoms with Crippen LogP contribution >= 0.6 is 11.3 Å². The Hall–Kier alpha value is -2.93. The molecule has 0 bridgehead atoms. The maximum atomic E-state index is 13.0. The summed E-state index contributed by atoms with van der Waals surface area (Å²) >= 11 is 1.48. The molecular weight excluding hydrogens is 350 g/mol. The molecule has 3 aromatic heterocycles. The van der Waals surface area contributed by atoms with Crippen LogP contribution in [0.25, 0.3) is 10.2 Å². The second-order valence-electron chi connectivity index (χ2n) is 5.95. The van der Waals surface area contributed by atoms with Gasteiger partial charge in [0.2, 0.25) is 0 Å². The van der Waals surface area contributed by atoms with E-state index in [2.05, 4.69) is 29.2 Å². The number of benzene rings is 1. The Morgan fingerprint density at radius 2 is 2.15 bits per heavy atom. The minimum Gasteiger partial charge on any atom is -0.467 e. The lowest BCUT2D eigenvalue weighted by atomic mass is 10.2. The molecule has 0 N–H and O–H groups in total. The van der Waals surface area contributed by atoms with Gasteiger partial charge < -0.3 is 8.94 Å². The van der Waals surface area contributed by atoms with Gasteiger partial charge in [0, 0.05) is 6.07 Å². The van der Waals surface area contributed by atoms with Crippen LogP contribution in [0.3, 0.4) is 0 Å². The molecule has 0 aliphatic heterocycles. The Kier molecular flexibility index (Phi) is 4.30. The first-order chi connectivity index (χ1) is 12.6. The highest BCUT2D eigenvalue weighted by Crippen LogP contribution is 2.31. The third-order valence-electron chi connectivity index (χ3n) is 4.07. The Balaban J connectivity index is 1.75. The molecule has 1 amide bonds. The van der Waals surface area contributed by atoms with Gasteiger partial charge in [0.1, 0.15) is 11.5 Å². The van der Waals surface area contributed by atoms with E-state index in [1.807, 2.05) is 12.1 Å². The van der Waals surface area contributed by atoms with Gasteiger partial charge in [0.15, 0.2) is 10.8 Å². The summed E-state index contributed by atoms with van der Waals surface area (Å²) < 4.78 is 11.5. The fourth-order valence-corrected chi connectivity index (χ4v) is 3.71. The number of nitrogens with zero attached hydrogens (tertiary/aromatic N) is 3. The number of rotatable bonds is 5. The molecule has 0 radical (unpaired) electrons. The SMILES string of the molecule is CCc1ccc2nc(N(Cc3ccco3)C(=O)c3cc(C)on3)sc2c1. The third-order valence-corrected chi connectivity index (χ3v) is 5.11. The lowest BCUT2D eigenvalue weighted by Gasteiger charge is -2.17. The van der Waals surface area contributed by atoms with E-state index in [0.29, 0.717) is 16.7 Å². The highest BCUT2D eigenvalue weighted by Gasteiger charge is 2.25. The van der Waals surface area contributed by atoms with Crippen LogP contribution in [0.4, 0.5) is 5.13 Å². The van der Waals surface area contributed by atoms with Gasteiger partial charge in [-0.3, -0.25) is 9.69 Å². The summed E-state index contributed by atoms with van der Waals surface area (Å²) in [6.45, 7) is 4.14. The summed E-state index contributed by atoms with van der Waals surface area (Å²) in [6.07, 6.45) is 2.54. The number of carbonyl (C=O) groups excluding carboxylic acids is 1. The maximum absolute atomic E-state index is 13.0. The minimum atomic E-state index is -0.270. The zero-order chi connectivity index (χ0) is 18.1. The number of aryl methyl sites for hydroxylation is 2. The first-order valence-electron chi connectivity index (χ1n) is 8.31. The number of anilines is 1. The first-order valence-corrected chi connectivity index (χ1v) is 9.12. The molecule has 0 atom stereocenters. The van der Waals surface area contributed by atoms with Crippen LogP contribution in [-0.4, -0.2) is 16.0 Å². The van der Waals surface area contributed by atoms with Gasteiger partial charge in [0.25, 0.3) is 5.91 Å². The molecule has 6 nitrogen and oxygen atoms in total. The number of fused-ring (bicyclic) bond motifs is 1. The van der Waals surface area contributed by atoms with Gasteiger partial charge in [0.05, 0.1) is 23.0 Å². The normalized spacial score (nSPS) is 11.2. The number of hydrogen-bond donors (Lipinski definition) is 0. The number of thiazole rings is 1. The summed E-state index contributed by atoms with van der Waals surface area (Å²) in [5, 5.41) is 4.46. The average molecular weight is 367 g/mol. The molecule has 0 unspecified atom stereocenters. The summed E-state index contributed by atoms with van der Waals surface area (Å²) in [5.74, 6) is 0.989. The lowest BCUT2D eigenvalue weighted by Crippen LogP contribution is -2.30. The van der Waals surface area contributed by atoms with Crippen molar-refractivity contribution in [2.75, 3.05) is 4.90 Å². The molecule has 4 aromatic rings. The molecule has 0 saturated heterocycles. The van der Waals surface area contributed by atoms with Gasteiger partial charge in [-0.15, -0.1) is 0 Å². The molecule has 0 saturated carbocycles. The standard InChI is InChI=1S/C19H17N3O3S/c1-3-13-6-7-15-17(10-13)26-19(20-15)22(11-14-5-4-8-24-14)18(23)16-9-12(2)25-21-16/h4-10H,3,11H2,1-2H3. The van der Waals surface area contributed by atoms with Crippen molar-refractivity contribution in [2.24, 2.45) is 0 Å². The first kappa shape index (κ1) is 16.5. The highest BCUT2D eigenvalue weighted by molar-refractivity contribution is 7.22. The smallest absolute Gasteiger partial charge is 0.282 e. The lowest BCUT2D eigenvalue weighted by molar-refractivity contribution is 0.0974. The molecule has 0 aliphatic carbocycles. The van der Waals surface area contributed by atoms with E-state index in [4.69, 9.17) is 8.94 Å². The zero-order valence-corrected chi connectivity index (χ0v) is 15.2. The number of aromatic nitrogens is 2. The predicted octanol–water partition coefficient (Wildman–Crippen LogP) is 4.60. The second kappa shape index (κ2) is 6.76. The number of furan rings is 1. The third kappa shape index (κ3) is 3.13. The zero-order valence-electron chi connectivity index (χ0n) is 14.4. The van der Waals surface area contributed by atoms with Crippen LogP contribution < -0.4 is 4.90 Å². The Morgan fingerprint density at radius 3 is 2.85 bits per heavy atom. The van der Waals surface area contributed by atoms with Crippen LogP contribution in [0.15, 0.2) is 51.6 Å². The molecule has 7 heteroatoms. The molecule has 0 aliphatic rings. The van der Waals surface area contributed by atoms with E-state index >= 15 is 0 Å². The van der Waals surface area contributed by atoms with Crippen molar-refractivity contribution in [3.8, 4) is 0 Å². The van der Waals surface area contributed by atoms with E-state index in [-0.39, 0.29) is 18.1 Å². The summed E-state index contributed by atoms with van der Waals surface area (Å²) in [5.41, 5.74) is 2.36. The van der Waals surface area contributed by atoms with Crippen molar-refractivity contribution in [1.82, 2.24) is 10.1 Å². The molecule has 132 valence electrons. The summed E-state index contributed by atoms with van der Waals surface area (Å²) in [7, 11) is 0. The fraction of sp³-hybridized carbons (Fsp3) is 0.211. The molecule has 3 heterocycles. The summed E-state index contributed by atoms with van der Waals surface area (Å²) in [6, 6.07) is 11.4. The average Bonchev–Trinajstić information content (AvgIpc) is 3.38. The van der Waals surface area contributed by atoms with Crippen molar-refractivity contribution < 1.29 is 13.7 Å². The molecule has 26 heavy (non-hydrogen) atoms. The Morgan fingerprint density at radius 1 is 1.27 bits per heavy atom. The van der Waals surface area contributed by atoms with Crippen molar-refractivity contribution in [3.05, 3.63) is 65.4 Å². The summed E-state index contributed by atoms with van der Waals surface area (Å²) in [4.78, 5) is 19.2. The predicted molar refractivity (Wildman–Crippen MR) is 99.5 cm³/mol. The fourth-order valence-electron chi connectivity index (χ4n) is 2.68. The maximum Gasteiger partial charge on any atom is 0.282 e. The van der Waals surface area contributed by atoms with Crippen molar-refractivity contribution >= 4 is 32.6 Å². The van der Waals surface area contributed by atoms with E-state index in [0.717, 1.165) is 16.6 Å². The van der Waals surface area contributed by atoms with Gasteiger partial charge in [-0.05, 0) is 43.2 Å². The quantitative estimate of drug-likeness (QED) is 0.516. The van der Waals surface area contributed by atoms with Gasteiger partial charge in [-0.25, -0.2) is 4.98 Å². The van der Waals surface area contributed by atoms with Crippen molar-refractivity contribution in [1.29, 1.82) is 0 Å². The monoisotopic (exact) mass is 367 g/mol. The van der Waals surface area contributed by atoms with E-state index in [1.54, 1.807) is 30.2 Å². The van der Waals surface area contributed by atoms with Crippen LogP contribution in [0, 0.1) is 6.92 Å². The van der Waals surface area contributed by atoms with Gasteiger partial charge in [-0.1, -0.05) is 29.5 Å². The minimum absolute atomic E-state index is 0.252. The number of carbonyl (C=O) groups is 1. The Bertz CT molecular complexity index is 1050. The van der Waals surface area contributed by atoms with Crippen molar-refractivity contribution in [3.63, 3.8) is 0 Å². The van der Waals surface area contributed by atoms with Crippen LogP contribution in [0.2, 0.25) is 0 Å². The van der Waals surface area contributed by atoms with Crippen LogP contribution in [0.5, 0.6) is 0 Å². The topological polar surface area (TPSA) is 72.4 Å². The van der Waals surface area contributed by atoms with Crippen LogP contribution in [-0.2, 0) is 13.0 Å². The van der Waals surface area contributed by atoms with E-state index in [9.17, 15) is 4.79 Å². The molecular formula is C19H17N3O3S. The number of amides is 1. The largest absolute Gasteiger partial charge is 0.467 e. The molecule has 4 rings (SSSR count). The Labute approximate surface area is 154 Å². The van der Waals surface area contributed by atoms with E-state index < -0.39 is 0 Å². The highest BCUT2D eigenvalue weighted by atomic mass is 32.1. The van der Waals surface area contributed by atoms with Gasteiger partial charge in [-0.2, -0.15) is 0 Å². The molecule has 1 aromatic carbocycles. The van der Waals surface area contributed by atoms with Crippen molar-refractivity contribution in [2.45, 2.75) is 26.8 Å².